The van der Waals surface area contributed by atoms with Gasteiger partial charge >= 0.3 is 6.09 Å². The third-order valence-electron chi connectivity index (χ3n) is 8.80. The van der Waals surface area contributed by atoms with E-state index in [1.54, 1.807) is 24.3 Å². The molecule has 0 fully saturated rings. The maximum absolute atomic E-state index is 14.2. The highest BCUT2D eigenvalue weighted by Crippen LogP contribution is 2.46. The number of ether oxygens (including phenoxy) is 2. The van der Waals surface area contributed by atoms with Gasteiger partial charge in [0.15, 0.2) is 5.75 Å². The first-order valence-electron chi connectivity index (χ1n) is 15.8. The Balaban J connectivity index is 2.06. The first kappa shape index (κ1) is 37.8. The third kappa shape index (κ3) is 8.26. The molecule has 13 heteroatoms. The first-order chi connectivity index (χ1) is 22.2. The molecular formula is C34H49N3O8SSi. The highest BCUT2D eigenvalue weighted by molar-refractivity contribution is 7.89. The Bertz CT molecular complexity index is 1550. The minimum absolute atomic E-state index is 0.0210. The molecule has 258 valence electrons. The number of amides is 2. The summed E-state index contributed by atoms with van der Waals surface area (Å²) in [4.78, 5) is 28.7. The van der Waals surface area contributed by atoms with E-state index in [1.165, 1.54) is 37.3 Å². The summed E-state index contributed by atoms with van der Waals surface area (Å²) >= 11 is 0. The number of carbonyl (C=O) groups is 2. The molecule has 0 bridgehead atoms. The Kier molecular flexibility index (Phi) is 12.8. The predicted octanol–water partition coefficient (Wildman–Crippen LogP) is 6.18. The number of aliphatic hydroxyl groups is 1. The number of nitrogens with zero attached hydrogens (tertiary/aromatic N) is 1. The number of aliphatic hydroxyl groups excluding tert-OH is 1. The highest BCUT2D eigenvalue weighted by atomic mass is 32.2. The van der Waals surface area contributed by atoms with Crippen LogP contribution in [0.15, 0.2) is 60.0 Å². The number of rotatable bonds is 14. The Labute approximate surface area is 280 Å². The normalized spacial score (nSPS) is 15.4. The average Bonchev–Trinajstić information content (AvgIpc) is 3.05. The van der Waals surface area contributed by atoms with E-state index >= 15 is 0 Å². The summed E-state index contributed by atoms with van der Waals surface area (Å²) in [5, 5.41) is 13.1. The quantitative estimate of drug-likeness (QED) is 0.158. The van der Waals surface area contributed by atoms with Crippen molar-refractivity contribution in [3.05, 3.63) is 66.3 Å². The molecule has 11 nitrogen and oxygen atoms in total. The molecular weight excluding hydrogens is 639 g/mol. The van der Waals surface area contributed by atoms with Crippen LogP contribution >= 0.6 is 0 Å². The molecule has 1 aliphatic heterocycles. The molecule has 0 radical (unpaired) electrons. The van der Waals surface area contributed by atoms with Gasteiger partial charge in [0.1, 0.15) is 12.4 Å². The highest BCUT2D eigenvalue weighted by Gasteiger charge is 2.47. The molecule has 2 aromatic rings. The lowest BCUT2D eigenvalue weighted by molar-refractivity contribution is 0.0619. The van der Waals surface area contributed by atoms with Crippen LogP contribution in [0.25, 0.3) is 5.57 Å². The molecule has 0 aromatic heterocycles. The summed E-state index contributed by atoms with van der Waals surface area (Å²) in [6, 6.07) is 9.04. The van der Waals surface area contributed by atoms with Crippen LogP contribution in [-0.4, -0.2) is 78.7 Å². The summed E-state index contributed by atoms with van der Waals surface area (Å²) in [6.07, 6.45) is 2.88. The van der Waals surface area contributed by atoms with Crippen LogP contribution in [0, 0.1) is 0 Å². The maximum Gasteiger partial charge on any atom is 0.411 e. The molecule has 2 amide bonds. The van der Waals surface area contributed by atoms with Gasteiger partial charge in [0.2, 0.25) is 10.0 Å². The van der Waals surface area contributed by atoms with Crippen LogP contribution in [0.1, 0.15) is 63.9 Å². The predicted molar refractivity (Wildman–Crippen MR) is 187 cm³/mol. The van der Waals surface area contributed by atoms with Gasteiger partial charge in [-0.15, -0.1) is 0 Å². The van der Waals surface area contributed by atoms with Crippen LogP contribution in [-0.2, 0) is 14.8 Å². The molecule has 0 unspecified atom stereocenters. The van der Waals surface area contributed by atoms with Crippen LogP contribution in [0.2, 0.25) is 16.6 Å². The third-order valence-corrected chi connectivity index (χ3v) is 16.2. The lowest BCUT2D eigenvalue weighted by Gasteiger charge is -2.42. The van der Waals surface area contributed by atoms with E-state index in [0.29, 0.717) is 17.9 Å². The van der Waals surface area contributed by atoms with Crippen LogP contribution in [0.3, 0.4) is 0 Å². The van der Waals surface area contributed by atoms with Crippen molar-refractivity contribution < 1.29 is 37.0 Å². The second-order valence-corrected chi connectivity index (χ2v) is 19.7. The number of anilines is 1. The van der Waals surface area contributed by atoms with Gasteiger partial charge in [0, 0.05) is 12.6 Å². The van der Waals surface area contributed by atoms with E-state index in [0.717, 1.165) is 11.1 Å². The van der Waals surface area contributed by atoms with E-state index in [-0.39, 0.29) is 52.5 Å². The van der Waals surface area contributed by atoms with Gasteiger partial charge in [-0.2, -0.15) is 0 Å². The Morgan fingerprint density at radius 2 is 1.68 bits per heavy atom. The first-order valence-corrected chi connectivity index (χ1v) is 19.4. The van der Waals surface area contributed by atoms with E-state index in [1.807, 2.05) is 6.08 Å². The Morgan fingerprint density at radius 3 is 2.19 bits per heavy atom. The smallest absolute Gasteiger partial charge is 0.411 e. The van der Waals surface area contributed by atoms with Crippen molar-refractivity contribution in [1.29, 1.82) is 0 Å². The zero-order valence-electron chi connectivity index (χ0n) is 28.6. The van der Waals surface area contributed by atoms with Crippen LogP contribution < -0.4 is 19.2 Å². The van der Waals surface area contributed by atoms with Crippen molar-refractivity contribution >= 4 is 41.6 Å². The van der Waals surface area contributed by atoms with Crippen LogP contribution in [0.4, 0.5) is 10.5 Å². The van der Waals surface area contributed by atoms with Gasteiger partial charge in [-0.1, -0.05) is 72.4 Å². The Hall–Kier alpha value is -3.65. The van der Waals surface area contributed by atoms with Crippen molar-refractivity contribution in [3.63, 3.8) is 0 Å². The lowest BCUT2D eigenvalue weighted by Crippen LogP contribution is -2.50. The van der Waals surface area contributed by atoms with E-state index in [2.05, 4.69) is 58.2 Å². The lowest BCUT2D eigenvalue weighted by atomic mass is 9.93. The van der Waals surface area contributed by atoms with Gasteiger partial charge in [0.25, 0.3) is 14.2 Å². The number of nitrogens with one attached hydrogen (secondary N) is 2. The molecule has 0 aliphatic carbocycles. The number of hydrogen-bond donors (Lipinski definition) is 3. The number of methoxy groups -OCH3 is 1. The summed E-state index contributed by atoms with van der Waals surface area (Å²) in [5.74, 6) is 0.343. The minimum atomic E-state index is -3.59. The van der Waals surface area contributed by atoms with Gasteiger partial charge in [0.05, 0.1) is 35.9 Å². The maximum atomic E-state index is 14.2. The second kappa shape index (κ2) is 16.0. The van der Waals surface area contributed by atoms with Gasteiger partial charge in [-0.05, 0) is 59.4 Å². The summed E-state index contributed by atoms with van der Waals surface area (Å²) in [5.41, 5.74) is 2.75. The molecule has 47 heavy (non-hydrogen) atoms. The number of hydrogen-bond acceptors (Lipinski definition) is 8. The SMILES string of the molecule is C=CCOC(=O)Nc1cc(O[Si](C(C)C)(C(C)C)C(C)C)c(OC)cc1C(=O)N1CC=C(c2ccc(S(=O)(=O)NC)cc2)C[C@H]1CO. The van der Waals surface area contributed by atoms with E-state index < -0.39 is 36.4 Å². The average molecular weight is 688 g/mol. The van der Waals surface area contributed by atoms with Crippen molar-refractivity contribution in [1.82, 2.24) is 9.62 Å². The van der Waals surface area contributed by atoms with Crippen molar-refractivity contribution in [2.24, 2.45) is 0 Å². The van der Waals surface area contributed by atoms with Gasteiger partial charge < -0.3 is 23.9 Å². The minimum Gasteiger partial charge on any atom is -0.540 e. The number of sulfonamides is 1. The Morgan fingerprint density at radius 1 is 1.06 bits per heavy atom. The summed E-state index contributed by atoms with van der Waals surface area (Å²) < 4.78 is 44.5. The number of benzene rings is 2. The molecule has 3 rings (SSSR count). The molecule has 1 atom stereocenters. The van der Waals surface area contributed by atoms with Crippen molar-refractivity contribution in [3.8, 4) is 11.5 Å². The van der Waals surface area contributed by atoms with Crippen molar-refractivity contribution in [2.45, 2.75) is 75.5 Å². The fourth-order valence-corrected chi connectivity index (χ4v) is 12.5. The fourth-order valence-electron chi connectivity index (χ4n) is 6.48. The van der Waals surface area contributed by atoms with Gasteiger partial charge in [-0.25, -0.2) is 17.9 Å². The number of carbonyl (C=O) groups excluding carboxylic acids is 2. The molecule has 0 saturated carbocycles. The van der Waals surface area contributed by atoms with Crippen LogP contribution in [0.5, 0.6) is 11.5 Å². The molecule has 1 aliphatic rings. The van der Waals surface area contributed by atoms with Gasteiger partial charge in [-0.3, -0.25) is 10.1 Å². The monoisotopic (exact) mass is 687 g/mol. The zero-order chi connectivity index (χ0) is 35.1. The molecule has 1 heterocycles. The zero-order valence-corrected chi connectivity index (χ0v) is 30.4. The summed E-state index contributed by atoms with van der Waals surface area (Å²) in [6.45, 7) is 16.4. The molecule has 2 aromatic carbocycles. The topological polar surface area (TPSA) is 144 Å². The second-order valence-electron chi connectivity index (χ2n) is 12.4. The fraction of sp³-hybridized carbons (Fsp3) is 0.471. The molecule has 0 spiro atoms. The standard InChI is InChI=1S/C34H49N3O8SSi/c1-10-17-44-34(40)36-30-20-32(45-47(22(2)3,23(4)5)24(6)7)31(43-9)19-29(30)33(39)37-16-15-26(18-27(37)21-38)25-11-13-28(14-12-25)46(41,42)35-8/h10-15,19-20,22-24,27,35,38H,1,16-18,21H2,2-9H3,(H,36,40)/t27-/m0/s1. The van der Waals surface area contributed by atoms with E-state index in [9.17, 15) is 23.1 Å². The van der Waals surface area contributed by atoms with Crippen molar-refractivity contribution in [2.75, 3.05) is 39.2 Å². The summed E-state index contributed by atoms with van der Waals surface area (Å²) in [7, 11) is -3.19. The molecule has 0 saturated heterocycles. The van der Waals surface area contributed by atoms with E-state index in [4.69, 9.17) is 13.9 Å². The molecule has 3 N–H and O–H groups in total. The largest absolute Gasteiger partial charge is 0.540 e.